The Labute approximate surface area is 168 Å². The maximum Gasteiger partial charge on any atom is 0.228 e. The number of methoxy groups -OCH3 is 1. The lowest BCUT2D eigenvalue weighted by molar-refractivity contribution is 0.122. The van der Waals surface area contributed by atoms with E-state index in [0.717, 1.165) is 30.0 Å². The minimum atomic E-state index is 0.233. The van der Waals surface area contributed by atoms with Crippen molar-refractivity contribution >= 4 is 23.4 Å². The van der Waals surface area contributed by atoms with Crippen molar-refractivity contribution in [1.82, 2.24) is 24.9 Å². The highest BCUT2D eigenvalue weighted by Crippen LogP contribution is 2.27. The van der Waals surface area contributed by atoms with Crippen molar-refractivity contribution in [3.8, 4) is 17.1 Å². The SMILES string of the molecule is COc1ccc(Nc2cc(-c3cnc(N)nc3C)nc(N3CCOCC3)n2)cn1. The van der Waals surface area contributed by atoms with Crippen LogP contribution in [-0.4, -0.2) is 58.3 Å². The Morgan fingerprint density at radius 3 is 2.62 bits per heavy atom. The molecule has 0 saturated carbocycles. The third-order valence-electron chi connectivity index (χ3n) is 4.50. The Bertz CT molecular complexity index is 990. The molecule has 10 nitrogen and oxygen atoms in total. The molecule has 4 heterocycles. The first-order valence-corrected chi connectivity index (χ1v) is 9.21. The van der Waals surface area contributed by atoms with E-state index < -0.39 is 0 Å². The highest BCUT2D eigenvalue weighted by atomic mass is 16.5. The van der Waals surface area contributed by atoms with E-state index in [-0.39, 0.29) is 5.95 Å². The van der Waals surface area contributed by atoms with Crippen LogP contribution in [0.4, 0.5) is 23.4 Å². The van der Waals surface area contributed by atoms with Gasteiger partial charge < -0.3 is 25.4 Å². The fourth-order valence-electron chi connectivity index (χ4n) is 3.00. The highest BCUT2D eigenvalue weighted by molar-refractivity contribution is 5.68. The van der Waals surface area contributed by atoms with Gasteiger partial charge in [-0.3, -0.25) is 0 Å². The number of pyridine rings is 1. The van der Waals surface area contributed by atoms with Gasteiger partial charge in [0.05, 0.1) is 43.6 Å². The number of nitrogens with zero attached hydrogens (tertiary/aromatic N) is 6. The van der Waals surface area contributed by atoms with E-state index in [0.29, 0.717) is 36.6 Å². The smallest absolute Gasteiger partial charge is 0.228 e. The zero-order valence-electron chi connectivity index (χ0n) is 16.3. The molecular weight excluding hydrogens is 372 g/mol. The lowest BCUT2D eigenvalue weighted by Gasteiger charge is -2.27. The molecule has 4 rings (SSSR count). The molecule has 10 heteroatoms. The minimum absolute atomic E-state index is 0.233. The molecule has 0 bridgehead atoms. The number of nitrogens with two attached hydrogens (primary N) is 1. The molecule has 29 heavy (non-hydrogen) atoms. The van der Waals surface area contributed by atoms with E-state index >= 15 is 0 Å². The number of morpholine rings is 1. The number of anilines is 4. The molecule has 0 aliphatic carbocycles. The summed E-state index contributed by atoms with van der Waals surface area (Å²) in [6, 6.07) is 5.51. The van der Waals surface area contributed by atoms with Gasteiger partial charge in [-0.25, -0.2) is 19.9 Å². The van der Waals surface area contributed by atoms with Crippen LogP contribution in [0.2, 0.25) is 0 Å². The largest absolute Gasteiger partial charge is 0.481 e. The Morgan fingerprint density at radius 1 is 1.10 bits per heavy atom. The average Bonchev–Trinajstić information content (AvgIpc) is 2.75. The van der Waals surface area contributed by atoms with Crippen molar-refractivity contribution in [2.45, 2.75) is 6.92 Å². The first-order chi connectivity index (χ1) is 14.1. The fraction of sp³-hybridized carbons (Fsp3) is 0.316. The van der Waals surface area contributed by atoms with Gasteiger partial charge >= 0.3 is 0 Å². The van der Waals surface area contributed by atoms with Crippen LogP contribution in [0.15, 0.2) is 30.6 Å². The molecule has 150 valence electrons. The van der Waals surface area contributed by atoms with Crippen LogP contribution < -0.4 is 20.7 Å². The number of aryl methyl sites for hydroxylation is 1. The molecular formula is C19H22N8O2. The van der Waals surface area contributed by atoms with Gasteiger partial charge in [0.15, 0.2) is 0 Å². The van der Waals surface area contributed by atoms with Gasteiger partial charge in [-0.05, 0) is 13.0 Å². The van der Waals surface area contributed by atoms with Crippen LogP contribution in [0, 0.1) is 6.92 Å². The highest BCUT2D eigenvalue weighted by Gasteiger charge is 2.18. The summed E-state index contributed by atoms with van der Waals surface area (Å²) in [7, 11) is 1.58. The molecule has 0 radical (unpaired) electrons. The molecule has 0 spiro atoms. The van der Waals surface area contributed by atoms with Gasteiger partial charge in [0, 0.05) is 37.0 Å². The van der Waals surface area contributed by atoms with E-state index in [9.17, 15) is 0 Å². The van der Waals surface area contributed by atoms with Crippen LogP contribution in [0.5, 0.6) is 5.88 Å². The summed E-state index contributed by atoms with van der Waals surface area (Å²) in [6.45, 7) is 4.62. The second-order valence-corrected chi connectivity index (χ2v) is 6.48. The van der Waals surface area contributed by atoms with E-state index in [4.69, 9.17) is 25.2 Å². The molecule has 3 aromatic heterocycles. The molecule has 0 atom stereocenters. The second-order valence-electron chi connectivity index (χ2n) is 6.48. The maximum absolute atomic E-state index is 5.70. The fourth-order valence-corrected chi connectivity index (χ4v) is 3.00. The molecule has 1 aliphatic rings. The molecule has 0 aromatic carbocycles. The third kappa shape index (κ3) is 4.32. The number of hydrogen-bond acceptors (Lipinski definition) is 10. The first kappa shape index (κ1) is 18.8. The van der Waals surface area contributed by atoms with E-state index in [1.165, 1.54) is 0 Å². The van der Waals surface area contributed by atoms with Crippen LogP contribution in [0.25, 0.3) is 11.3 Å². The summed E-state index contributed by atoms with van der Waals surface area (Å²) in [6.07, 6.45) is 3.37. The quantitative estimate of drug-likeness (QED) is 0.662. The van der Waals surface area contributed by atoms with Crippen LogP contribution in [-0.2, 0) is 4.74 Å². The zero-order valence-corrected chi connectivity index (χ0v) is 16.3. The Kier molecular flexibility index (Phi) is 5.34. The monoisotopic (exact) mass is 394 g/mol. The van der Waals surface area contributed by atoms with Gasteiger partial charge in [0.25, 0.3) is 0 Å². The van der Waals surface area contributed by atoms with Gasteiger partial charge in [-0.2, -0.15) is 4.98 Å². The van der Waals surface area contributed by atoms with E-state index in [1.807, 2.05) is 19.1 Å². The number of nitrogen functional groups attached to an aromatic ring is 1. The van der Waals surface area contributed by atoms with Crippen LogP contribution >= 0.6 is 0 Å². The summed E-state index contributed by atoms with van der Waals surface area (Å²) >= 11 is 0. The molecule has 1 saturated heterocycles. The van der Waals surface area contributed by atoms with Gasteiger partial charge in [0.2, 0.25) is 17.8 Å². The molecule has 0 unspecified atom stereocenters. The van der Waals surface area contributed by atoms with Crippen molar-refractivity contribution < 1.29 is 9.47 Å². The van der Waals surface area contributed by atoms with Gasteiger partial charge in [-0.15, -0.1) is 0 Å². The maximum atomic E-state index is 5.70. The predicted octanol–water partition coefficient (Wildman–Crippen LogP) is 1.81. The van der Waals surface area contributed by atoms with Crippen molar-refractivity contribution in [2.75, 3.05) is 49.4 Å². The summed E-state index contributed by atoms with van der Waals surface area (Å²) in [5.74, 6) is 2.03. The number of ether oxygens (including phenoxy) is 2. The van der Waals surface area contributed by atoms with Crippen molar-refractivity contribution in [2.24, 2.45) is 0 Å². The summed E-state index contributed by atoms with van der Waals surface area (Å²) in [5.41, 5.74) is 8.75. The summed E-state index contributed by atoms with van der Waals surface area (Å²) in [4.78, 5) is 24.1. The van der Waals surface area contributed by atoms with E-state index in [2.05, 4.69) is 25.2 Å². The second kappa shape index (κ2) is 8.23. The van der Waals surface area contributed by atoms with Crippen LogP contribution in [0.3, 0.4) is 0 Å². The minimum Gasteiger partial charge on any atom is -0.481 e. The third-order valence-corrected chi connectivity index (χ3v) is 4.50. The van der Waals surface area contributed by atoms with Crippen LogP contribution in [0.1, 0.15) is 5.69 Å². The van der Waals surface area contributed by atoms with Crippen molar-refractivity contribution in [3.63, 3.8) is 0 Å². The molecule has 3 N–H and O–H groups in total. The number of nitrogens with one attached hydrogen (secondary N) is 1. The van der Waals surface area contributed by atoms with E-state index in [1.54, 1.807) is 25.6 Å². The number of hydrogen-bond donors (Lipinski definition) is 2. The molecule has 1 aliphatic heterocycles. The normalized spacial score (nSPS) is 13.9. The number of aromatic nitrogens is 5. The summed E-state index contributed by atoms with van der Waals surface area (Å²) < 4.78 is 10.6. The Morgan fingerprint density at radius 2 is 1.93 bits per heavy atom. The lowest BCUT2D eigenvalue weighted by atomic mass is 10.1. The topological polar surface area (TPSA) is 124 Å². The van der Waals surface area contributed by atoms with Gasteiger partial charge in [-0.1, -0.05) is 0 Å². The first-order valence-electron chi connectivity index (χ1n) is 9.21. The van der Waals surface area contributed by atoms with Crippen molar-refractivity contribution in [3.05, 3.63) is 36.3 Å². The van der Waals surface area contributed by atoms with Crippen molar-refractivity contribution in [1.29, 1.82) is 0 Å². The molecule has 1 fully saturated rings. The lowest BCUT2D eigenvalue weighted by Crippen LogP contribution is -2.37. The zero-order chi connectivity index (χ0) is 20.2. The Balaban J connectivity index is 1.72. The predicted molar refractivity (Wildman–Crippen MR) is 109 cm³/mol. The van der Waals surface area contributed by atoms with Gasteiger partial charge in [0.1, 0.15) is 5.82 Å². The number of rotatable bonds is 5. The average molecular weight is 394 g/mol. The summed E-state index contributed by atoms with van der Waals surface area (Å²) in [5, 5.41) is 3.28. The molecule has 0 amide bonds. The standard InChI is InChI=1S/C19H22N8O2/c1-12-14(11-22-18(20)23-12)15-9-16(24-13-3-4-17(28-2)21-10-13)26-19(25-15)27-5-7-29-8-6-27/h3-4,9-11H,5-8H2,1-2H3,(H2,20,22,23)(H,24,25,26). The Hall–Kier alpha value is -3.53. The molecule has 3 aromatic rings.